The van der Waals surface area contributed by atoms with E-state index in [1.54, 1.807) is 0 Å². The molecule has 2 nitrogen and oxygen atoms in total. The maximum atomic E-state index is 9.51. The minimum atomic E-state index is -0.644. The fourth-order valence-electron chi connectivity index (χ4n) is 1.60. The van der Waals surface area contributed by atoms with Crippen molar-refractivity contribution in [3.63, 3.8) is 0 Å². The van der Waals surface area contributed by atoms with Crippen LogP contribution >= 0.6 is 0 Å². The van der Waals surface area contributed by atoms with E-state index in [2.05, 4.69) is 26.8 Å². The van der Waals surface area contributed by atoms with Gasteiger partial charge in [-0.25, -0.2) is 0 Å². The van der Waals surface area contributed by atoms with Gasteiger partial charge in [-0.3, -0.25) is 0 Å². The van der Waals surface area contributed by atoms with Crippen LogP contribution in [0.4, 0.5) is 0 Å². The van der Waals surface area contributed by atoms with Crippen LogP contribution in [-0.4, -0.2) is 18.0 Å². The summed E-state index contributed by atoms with van der Waals surface area (Å²) in [6.45, 7) is 7.15. The maximum Gasteiger partial charge on any atom is 0.177 e. The van der Waals surface area contributed by atoms with Crippen molar-refractivity contribution in [2.75, 3.05) is 6.61 Å². The fraction of sp³-hybridized carbons (Fsp3) is 0.818. The predicted octanol–water partition coefficient (Wildman–Crippen LogP) is 2.33. The number of aliphatic hydroxyl groups is 1. The van der Waals surface area contributed by atoms with E-state index in [9.17, 15) is 5.11 Å². The standard InChI is InChI=1S/C11H20O2/c1-4-5-9-6-10(8(2)3)7-13-11(9)12/h6,8,10-12H,4-5,7H2,1-3H3. The van der Waals surface area contributed by atoms with Gasteiger partial charge in [-0.15, -0.1) is 0 Å². The van der Waals surface area contributed by atoms with Crippen molar-refractivity contribution in [3.8, 4) is 0 Å². The van der Waals surface area contributed by atoms with Crippen molar-refractivity contribution in [1.29, 1.82) is 0 Å². The van der Waals surface area contributed by atoms with Crippen molar-refractivity contribution in [1.82, 2.24) is 0 Å². The van der Waals surface area contributed by atoms with Gasteiger partial charge in [0, 0.05) is 5.92 Å². The lowest BCUT2D eigenvalue weighted by atomic mass is 9.91. The monoisotopic (exact) mass is 184 g/mol. The highest BCUT2D eigenvalue weighted by Crippen LogP contribution is 2.25. The molecule has 0 spiro atoms. The Hall–Kier alpha value is -0.340. The predicted molar refractivity (Wildman–Crippen MR) is 53.3 cm³/mol. The molecule has 0 aromatic heterocycles. The van der Waals surface area contributed by atoms with Crippen molar-refractivity contribution in [2.45, 2.75) is 39.9 Å². The van der Waals surface area contributed by atoms with Crippen LogP contribution in [0.5, 0.6) is 0 Å². The Bertz CT molecular complexity index is 185. The zero-order chi connectivity index (χ0) is 9.84. The highest BCUT2D eigenvalue weighted by molar-refractivity contribution is 5.10. The van der Waals surface area contributed by atoms with Crippen LogP contribution in [0.1, 0.15) is 33.6 Å². The van der Waals surface area contributed by atoms with E-state index in [1.165, 1.54) is 0 Å². The number of hydrogen-bond donors (Lipinski definition) is 1. The summed E-state index contributed by atoms with van der Waals surface area (Å²) in [6.07, 6.45) is 3.57. The molecule has 0 aromatic rings. The normalized spacial score (nSPS) is 29.2. The van der Waals surface area contributed by atoms with Gasteiger partial charge in [-0.2, -0.15) is 0 Å². The minimum Gasteiger partial charge on any atom is -0.364 e. The van der Waals surface area contributed by atoms with E-state index < -0.39 is 6.29 Å². The summed E-state index contributed by atoms with van der Waals surface area (Å²) in [5.41, 5.74) is 1.06. The topological polar surface area (TPSA) is 29.5 Å². The Morgan fingerprint density at radius 2 is 2.31 bits per heavy atom. The molecule has 0 aromatic carbocycles. The van der Waals surface area contributed by atoms with Crippen molar-refractivity contribution in [3.05, 3.63) is 11.6 Å². The SMILES string of the molecule is CCCC1=CC(C(C)C)COC1O. The smallest absolute Gasteiger partial charge is 0.177 e. The second-order valence-electron chi connectivity index (χ2n) is 4.09. The number of rotatable bonds is 3. The highest BCUT2D eigenvalue weighted by Gasteiger charge is 2.22. The molecule has 0 saturated heterocycles. The Balaban J connectivity index is 2.64. The molecule has 2 heteroatoms. The molecule has 1 aliphatic rings. The Kier molecular flexibility index (Phi) is 3.94. The van der Waals surface area contributed by atoms with Crippen molar-refractivity contribution >= 4 is 0 Å². The average Bonchev–Trinajstić information content (AvgIpc) is 2.08. The highest BCUT2D eigenvalue weighted by atomic mass is 16.6. The van der Waals surface area contributed by atoms with Crippen molar-refractivity contribution < 1.29 is 9.84 Å². The van der Waals surface area contributed by atoms with Crippen LogP contribution in [0.3, 0.4) is 0 Å². The molecule has 2 atom stereocenters. The summed E-state index contributed by atoms with van der Waals surface area (Å²) in [4.78, 5) is 0. The van der Waals surface area contributed by atoms with Gasteiger partial charge in [0.1, 0.15) is 0 Å². The van der Waals surface area contributed by atoms with E-state index in [-0.39, 0.29) is 0 Å². The number of aliphatic hydroxyl groups excluding tert-OH is 1. The van der Waals surface area contributed by atoms with E-state index in [0.717, 1.165) is 18.4 Å². The van der Waals surface area contributed by atoms with Gasteiger partial charge in [-0.05, 0) is 17.9 Å². The Morgan fingerprint density at radius 3 is 2.85 bits per heavy atom. The average molecular weight is 184 g/mol. The fourth-order valence-corrected chi connectivity index (χ4v) is 1.60. The van der Waals surface area contributed by atoms with Crippen LogP contribution in [0, 0.1) is 11.8 Å². The van der Waals surface area contributed by atoms with Crippen molar-refractivity contribution in [2.24, 2.45) is 11.8 Å². The molecular formula is C11H20O2. The molecule has 13 heavy (non-hydrogen) atoms. The van der Waals surface area contributed by atoms with Gasteiger partial charge >= 0.3 is 0 Å². The Morgan fingerprint density at radius 1 is 1.62 bits per heavy atom. The lowest BCUT2D eigenvalue weighted by molar-refractivity contribution is -0.0952. The van der Waals surface area contributed by atoms with Crippen LogP contribution < -0.4 is 0 Å². The second-order valence-corrected chi connectivity index (χ2v) is 4.09. The lowest BCUT2D eigenvalue weighted by Gasteiger charge is -2.28. The molecule has 0 bridgehead atoms. The van der Waals surface area contributed by atoms with Gasteiger partial charge in [-0.1, -0.05) is 33.3 Å². The third-order valence-corrected chi connectivity index (χ3v) is 2.59. The van der Waals surface area contributed by atoms with Crippen LogP contribution in [0.15, 0.2) is 11.6 Å². The summed E-state index contributed by atoms with van der Waals surface area (Å²) >= 11 is 0. The molecule has 0 amide bonds. The quantitative estimate of drug-likeness (QED) is 0.682. The molecule has 0 fully saturated rings. The maximum absolute atomic E-state index is 9.51. The molecule has 1 N–H and O–H groups in total. The Labute approximate surface area is 80.6 Å². The van der Waals surface area contributed by atoms with E-state index in [0.29, 0.717) is 18.4 Å². The molecule has 1 rings (SSSR count). The molecular weight excluding hydrogens is 164 g/mol. The summed E-state index contributed by atoms with van der Waals surface area (Å²) in [5, 5.41) is 9.51. The molecule has 2 unspecified atom stereocenters. The zero-order valence-electron chi connectivity index (χ0n) is 8.79. The van der Waals surface area contributed by atoms with Gasteiger partial charge in [0.2, 0.25) is 0 Å². The molecule has 0 aliphatic carbocycles. The summed E-state index contributed by atoms with van der Waals surface area (Å²) < 4.78 is 5.30. The lowest BCUT2D eigenvalue weighted by Crippen LogP contribution is -2.27. The van der Waals surface area contributed by atoms with Crippen LogP contribution in [0.2, 0.25) is 0 Å². The summed E-state index contributed by atoms with van der Waals surface area (Å²) in [7, 11) is 0. The van der Waals surface area contributed by atoms with Gasteiger partial charge in [0.15, 0.2) is 6.29 Å². The van der Waals surface area contributed by atoms with E-state index in [4.69, 9.17) is 4.74 Å². The first-order chi connectivity index (χ1) is 6.15. The van der Waals surface area contributed by atoms with Gasteiger partial charge < -0.3 is 9.84 Å². The third-order valence-electron chi connectivity index (χ3n) is 2.59. The number of hydrogen-bond acceptors (Lipinski definition) is 2. The second kappa shape index (κ2) is 4.77. The molecule has 0 saturated carbocycles. The van der Waals surface area contributed by atoms with Crippen LogP contribution in [0.25, 0.3) is 0 Å². The molecule has 1 aliphatic heterocycles. The van der Waals surface area contributed by atoms with Crippen LogP contribution in [-0.2, 0) is 4.74 Å². The van der Waals surface area contributed by atoms with E-state index in [1.807, 2.05) is 0 Å². The third kappa shape index (κ3) is 2.82. The molecule has 1 heterocycles. The summed E-state index contributed by atoms with van der Waals surface area (Å²) in [5.74, 6) is 1.07. The van der Waals surface area contributed by atoms with Gasteiger partial charge in [0.05, 0.1) is 6.61 Å². The molecule has 76 valence electrons. The first-order valence-corrected chi connectivity index (χ1v) is 5.15. The van der Waals surface area contributed by atoms with E-state index >= 15 is 0 Å². The first-order valence-electron chi connectivity index (χ1n) is 5.15. The molecule has 0 radical (unpaired) electrons. The number of ether oxygens (including phenoxy) is 1. The zero-order valence-corrected chi connectivity index (χ0v) is 8.79. The minimum absolute atomic E-state index is 0.477. The first kappa shape index (κ1) is 10.7. The van der Waals surface area contributed by atoms with Gasteiger partial charge in [0.25, 0.3) is 0 Å². The largest absolute Gasteiger partial charge is 0.364 e. The summed E-state index contributed by atoms with van der Waals surface area (Å²) in [6, 6.07) is 0.